The first-order valence-corrected chi connectivity index (χ1v) is 6.56. The number of rotatable bonds is 3. The van der Waals surface area contributed by atoms with Crippen LogP contribution >= 0.6 is 11.6 Å². The molecule has 2 nitrogen and oxygen atoms in total. The number of hydrogen-bond acceptors (Lipinski definition) is 2. The first-order valence-electron chi connectivity index (χ1n) is 6.18. The van der Waals surface area contributed by atoms with E-state index < -0.39 is 5.92 Å². The number of ketones is 1. The van der Waals surface area contributed by atoms with Crippen LogP contribution in [0.5, 0.6) is 5.75 Å². The molecular weight excluding hydrogens is 274 g/mol. The second-order valence-electron chi connectivity index (χ2n) is 4.84. The number of methoxy groups -OCH3 is 1. The Hall–Kier alpha value is -1.16. The lowest BCUT2D eigenvalue weighted by atomic mass is 9.82. The van der Waals surface area contributed by atoms with Gasteiger partial charge in [0.15, 0.2) is 5.78 Å². The molecule has 1 aliphatic carbocycles. The number of carbonyl (C=O) groups is 1. The van der Waals surface area contributed by atoms with Crippen molar-refractivity contribution in [2.75, 3.05) is 7.11 Å². The fourth-order valence-electron chi connectivity index (χ4n) is 2.40. The molecule has 104 valence electrons. The topological polar surface area (TPSA) is 26.3 Å². The molecule has 0 atom stereocenters. The summed E-state index contributed by atoms with van der Waals surface area (Å²) in [5, 5.41) is 0.435. The van der Waals surface area contributed by atoms with Crippen LogP contribution in [-0.2, 0) is 0 Å². The van der Waals surface area contributed by atoms with Crippen LogP contribution in [0.25, 0.3) is 0 Å². The molecular formula is C14H15ClF2O2. The van der Waals surface area contributed by atoms with Crippen LogP contribution in [-0.4, -0.2) is 18.8 Å². The fourth-order valence-corrected chi connectivity index (χ4v) is 2.57. The van der Waals surface area contributed by atoms with Crippen molar-refractivity contribution in [3.63, 3.8) is 0 Å². The zero-order chi connectivity index (χ0) is 14.0. The number of halogens is 3. The summed E-state index contributed by atoms with van der Waals surface area (Å²) >= 11 is 5.87. The van der Waals surface area contributed by atoms with Gasteiger partial charge in [0.05, 0.1) is 12.7 Å². The molecule has 1 fully saturated rings. The van der Waals surface area contributed by atoms with Crippen molar-refractivity contribution in [1.29, 1.82) is 0 Å². The van der Waals surface area contributed by atoms with Crippen LogP contribution in [0.15, 0.2) is 18.2 Å². The van der Waals surface area contributed by atoms with Gasteiger partial charge < -0.3 is 4.74 Å². The highest BCUT2D eigenvalue weighted by Crippen LogP contribution is 2.38. The van der Waals surface area contributed by atoms with Gasteiger partial charge in [-0.05, 0) is 31.0 Å². The van der Waals surface area contributed by atoms with Crippen molar-refractivity contribution >= 4 is 17.4 Å². The minimum Gasteiger partial charge on any atom is -0.496 e. The van der Waals surface area contributed by atoms with Crippen molar-refractivity contribution in [3.05, 3.63) is 28.8 Å². The van der Waals surface area contributed by atoms with E-state index in [1.165, 1.54) is 13.2 Å². The third-order valence-corrected chi connectivity index (χ3v) is 3.75. The van der Waals surface area contributed by atoms with Crippen LogP contribution in [0.3, 0.4) is 0 Å². The minimum atomic E-state index is -2.63. The Balaban J connectivity index is 2.18. The van der Waals surface area contributed by atoms with Gasteiger partial charge in [-0.1, -0.05) is 11.6 Å². The molecule has 0 saturated heterocycles. The van der Waals surface area contributed by atoms with Crippen LogP contribution in [0, 0.1) is 5.92 Å². The smallest absolute Gasteiger partial charge is 0.248 e. The molecule has 0 bridgehead atoms. The molecule has 1 aromatic carbocycles. The second-order valence-corrected chi connectivity index (χ2v) is 5.28. The number of Topliss-reactive ketones (excluding diaryl/α,β-unsaturated/α-hetero) is 1. The highest BCUT2D eigenvalue weighted by molar-refractivity contribution is 6.31. The maximum absolute atomic E-state index is 13.1. The summed E-state index contributed by atoms with van der Waals surface area (Å²) in [6.07, 6.45) is -0.0401. The average molecular weight is 289 g/mol. The third kappa shape index (κ3) is 3.24. The SMILES string of the molecule is COc1ccc(Cl)cc1C(=O)C1CCC(F)(F)CC1. The Labute approximate surface area is 115 Å². The van der Waals surface area contributed by atoms with E-state index >= 15 is 0 Å². The van der Waals surface area contributed by atoms with Crippen molar-refractivity contribution in [2.24, 2.45) is 5.92 Å². The van der Waals surface area contributed by atoms with Crippen molar-refractivity contribution in [1.82, 2.24) is 0 Å². The maximum Gasteiger partial charge on any atom is 0.248 e. The predicted molar refractivity (Wildman–Crippen MR) is 69.2 cm³/mol. The highest BCUT2D eigenvalue weighted by atomic mass is 35.5. The lowest BCUT2D eigenvalue weighted by molar-refractivity contribution is -0.0424. The fraction of sp³-hybridized carbons (Fsp3) is 0.500. The normalized spacial score (nSPS) is 19.2. The molecule has 1 aromatic rings. The Kier molecular flexibility index (Phi) is 4.09. The standard InChI is InChI=1S/C14H15ClF2O2/c1-19-12-3-2-10(15)8-11(12)13(18)9-4-6-14(16,17)7-5-9/h2-3,8-9H,4-7H2,1H3. The molecule has 0 heterocycles. The summed E-state index contributed by atoms with van der Waals surface area (Å²) < 4.78 is 31.3. The Morgan fingerprint density at radius 3 is 2.58 bits per heavy atom. The molecule has 1 aliphatic rings. The number of benzene rings is 1. The number of ether oxygens (including phenoxy) is 1. The molecule has 0 amide bonds. The molecule has 1 saturated carbocycles. The summed E-state index contributed by atoms with van der Waals surface area (Å²) in [4.78, 5) is 12.4. The van der Waals surface area contributed by atoms with Gasteiger partial charge in [-0.25, -0.2) is 8.78 Å². The average Bonchev–Trinajstić information content (AvgIpc) is 2.38. The Morgan fingerprint density at radius 1 is 1.37 bits per heavy atom. The van der Waals surface area contributed by atoms with Crippen LogP contribution < -0.4 is 4.74 Å². The Morgan fingerprint density at radius 2 is 2.00 bits per heavy atom. The van der Waals surface area contributed by atoms with Gasteiger partial charge in [0.2, 0.25) is 5.92 Å². The first kappa shape index (κ1) is 14.3. The number of alkyl halides is 2. The molecule has 0 N–H and O–H groups in total. The largest absolute Gasteiger partial charge is 0.496 e. The van der Waals surface area contributed by atoms with E-state index in [0.29, 0.717) is 16.3 Å². The van der Waals surface area contributed by atoms with Crippen molar-refractivity contribution < 1.29 is 18.3 Å². The van der Waals surface area contributed by atoms with E-state index in [1.807, 2.05) is 0 Å². The van der Waals surface area contributed by atoms with Gasteiger partial charge in [0, 0.05) is 23.8 Å². The highest BCUT2D eigenvalue weighted by Gasteiger charge is 2.38. The van der Waals surface area contributed by atoms with Gasteiger partial charge >= 0.3 is 0 Å². The van der Waals surface area contributed by atoms with E-state index in [9.17, 15) is 13.6 Å². The summed E-state index contributed by atoms with van der Waals surface area (Å²) in [5.41, 5.74) is 0.380. The molecule has 2 rings (SSSR count). The van der Waals surface area contributed by atoms with E-state index in [1.54, 1.807) is 12.1 Å². The molecule has 5 heteroatoms. The van der Waals surface area contributed by atoms with Gasteiger partial charge in [-0.2, -0.15) is 0 Å². The molecule has 0 spiro atoms. The van der Waals surface area contributed by atoms with Crippen LogP contribution in [0.4, 0.5) is 8.78 Å². The van der Waals surface area contributed by atoms with Crippen LogP contribution in [0.2, 0.25) is 5.02 Å². The van der Waals surface area contributed by atoms with E-state index in [-0.39, 0.29) is 37.4 Å². The monoisotopic (exact) mass is 288 g/mol. The molecule has 0 radical (unpaired) electrons. The summed E-state index contributed by atoms with van der Waals surface area (Å²) in [6.45, 7) is 0. The quantitative estimate of drug-likeness (QED) is 0.773. The number of hydrogen-bond donors (Lipinski definition) is 0. The third-order valence-electron chi connectivity index (χ3n) is 3.51. The molecule has 19 heavy (non-hydrogen) atoms. The summed E-state index contributed by atoms with van der Waals surface area (Å²) in [5.74, 6) is -2.72. The van der Waals surface area contributed by atoms with Gasteiger partial charge in [0.1, 0.15) is 5.75 Å². The van der Waals surface area contributed by atoms with E-state index in [4.69, 9.17) is 16.3 Å². The van der Waals surface area contributed by atoms with Gasteiger partial charge in [-0.3, -0.25) is 4.79 Å². The molecule has 0 aromatic heterocycles. The zero-order valence-electron chi connectivity index (χ0n) is 10.6. The Bertz CT molecular complexity index is 478. The van der Waals surface area contributed by atoms with Crippen molar-refractivity contribution in [3.8, 4) is 5.75 Å². The van der Waals surface area contributed by atoms with Crippen LogP contribution in [0.1, 0.15) is 36.0 Å². The zero-order valence-corrected chi connectivity index (χ0v) is 11.3. The van der Waals surface area contributed by atoms with Gasteiger partial charge in [-0.15, -0.1) is 0 Å². The summed E-state index contributed by atoms with van der Waals surface area (Å²) in [6, 6.07) is 4.79. The van der Waals surface area contributed by atoms with E-state index in [0.717, 1.165) is 0 Å². The lowest BCUT2D eigenvalue weighted by Crippen LogP contribution is -2.28. The minimum absolute atomic E-state index is 0.158. The summed E-state index contributed by atoms with van der Waals surface area (Å²) in [7, 11) is 1.47. The van der Waals surface area contributed by atoms with E-state index in [2.05, 4.69) is 0 Å². The second kappa shape index (κ2) is 5.45. The van der Waals surface area contributed by atoms with Crippen molar-refractivity contribution in [2.45, 2.75) is 31.6 Å². The number of carbonyl (C=O) groups excluding carboxylic acids is 1. The first-order chi connectivity index (χ1) is 8.93. The lowest BCUT2D eigenvalue weighted by Gasteiger charge is -2.27. The van der Waals surface area contributed by atoms with Gasteiger partial charge in [0.25, 0.3) is 0 Å². The molecule has 0 unspecified atom stereocenters. The molecule has 0 aliphatic heterocycles. The maximum atomic E-state index is 13.1. The predicted octanol–water partition coefficient (Wildman–Crippen LogP) is 4.36.